The summed E-state index contributed by atoms with van der Waals surface area (Å²) in [6.45, 7) is 6.36. The largest absolute Gasteiger partial charge is 0.478 e. The second-order valence-corrected chi connectivity index (χ2v) is 12.9. The van der Waals surface area contributed by atoms with Gasteiger partial charge < -0.3 is 14.5 Å². The van der Waals surface area contributed by atoms with Crippen LogP contribution in [0.5, 0.6) is 0 Å². The van der Waals surface area contributed by atoms with Crippen LogP contribution in [0.15, 0.2) is 34.9 Å². The highest BCUT2D eigenvalue weighted by molar-refractivity contribution is 7.22. The summed E-state index contributed by atoms with van der Waals surface area (Å²) in [6.07, 6.45) is 5.59. The molecule has 2 aromatic heterocycles. The van der Waals surface area contributed by atoms with Crippen LogP contribution in [0, 0.1) is 18.2 Å². The molecule has 4 aliphatic rings. The first-order valence-electron chi connectivity index (χ1n) is 13.5. The molecular formula is C30H28FN3O3S. The summed E-state index contributed by atoms with van der Waals surface area (Å²) in [7, 11) is 0. The van der Waals surface area contributed by atoms with Crippen molar-refractivity contribution in [2.75, 3.05) is 18.0 Å². The van der Waals surface area contributed by atoms with Gasteiger partial charge in [0.15, 0.2) is 10.9 Å². The molecule has 1 saturated heterocycles. The Hall–Kier alpha value is -3.26. The third-order valence-corrected chi connectivity index (χ3v) is 11.3. The maximum absolute atomic E-state index is 14.6. The average Bonchev–Trinajstić information content (AvgIpc) is 3.50. The van der Waals surface area contributed by atoms with Gasteiger partial charge in [-0.3, -0.25) is 0 Å². The zero-order valence-electron chi connectivity index (χ0n) is 21.4. The zero-order valence-corrected chi connectivity index (χ0v) is 22.2. The van der Waals surface area contributed by atoms with Gasteiger partial charge in [0.25, 0.3) is 0 Å². The lowest BCUT2D eigenvalue weighted by Gasteiger charge is -2.67. The Balaban J connectivity index is 1.14. The van der Waals surface area contributed by atoms with E-state index in [-0.39, 0.29) is 21.9 Å². The number of aryl methyl sites for hydroxylation is 1. The minimum atomic E-state index is -1.13. The van der Waals surface area contributed by atoms with E-state index in [9.17, 15) is 14.3 Å². The van der Waals surface area contributed by atoms with Crippen LogP contribution in [0.2, 0.25) is 0 Å². The maximum atomic E-state index is 14.6. The van der Waals surface area contributed by atoms with Crippen molar-refractivity contribution < 1.29 is 18.8 Å². The van der Waals surface area contributed by atoms with Crippen LogP contribution in [0.1, 0.15) is 83.7 Å². The molecule has 0 radical (unpaired) electrons. The first-order valence-corrected chi connectivity index (χ1v) is 14.3. The van der Waals surface area contributed by atoms with E-state index in [0.29, 0.717) is 16.5 Å². The minimum Gasteiger partial charge on any atom is -0.478 e. The fourth-order valence-electron chi connectivity index (χ4n) is 7.88. The molecule has 6 nitrogen and oxygen atoms in total. The number of carboxylic acids is 1. The van der Waals surface area contributed by atoms with Crippen molar-refractivity contribution in [2.45, 2.75) is 63.2 Å². The van der Waals surface area contributed by atoms with E-state index in [2.05, 4.69) is 47.1 Å². The number of hydrogen-bond acceptors (Lipinski definition) is 6. The Labute approximate surface area is 223 Å². The molecule has 0 amide bonds. The number of piperidine rings is 1. The highest BCUT2D eigenvalue weighted by atomic mass is 32.1. The smallest absolute Gasteiger partial charge is 0.335 e. The van der Waals surface area contributed by atoms with Gasteiger partial charge in [0.1, 0.15) is 17.0 Å². The number of carboxylic acid groups (broad SMARTS) is 1. The standard InChI is InChI=1S/C30H28FN3O3S/c1-15-4-3-5-18-22(15)25-23(26(37-33-25)16-6-7-16)19-14-30(29(18,19)2)8-10-34(11-9-30)28-32-24-20(31)12-17(27(35)36)13-21(24)38-28/h3-5,12-13,16,19H,6-11,14H2,1-2H3,(H,35,36). The van der Waals surface area contributed by atoms with Crippen molar-refractivity contribution in [1.82, 2.24) is 10.1 Å². The number of halogens is 1. The van der Waals surface area contributed by atoms with Gasteiger partial charge >= 0.3 is 5.97 Å². The van der Waals surface area contributed by atoms with Crippen LogP contribution in [0.25, 0.3) is 21.5 Å². The number of carbonyl (C=O) groups is 1. The third kappa shape index (κ3) is 2.79. The van der Waals surface area contributed by atoms with E-state index in [0.717, 1.165) is 55.0 Å². The first-order chi connectivity index (χ1) is 18.3. The first kappa shape index (κ1) is 22.7. The molecule has 0 bridgehead atoms. The lowest BCUT2D eigenvalue weighted by atomic mass is 9.36. The molecule has 3 aliphatic carbocycles. The minimum absolute atomic E-state index is 0.0126. The fourth-order valence-corrected chi connectivity index (χ4v) is 8.95. The fraction of sp³-hybridized carbons (Fsp3) is 0.433. The molecule has 4 aromatic rings. The number of rotatable bonds is 3. The molecule has 3 fully saturated rings. The van der Waals surface area contributed by atoms with E-state index in [1.165, 1.54) is 52.5 Å². The van der Waals surface area contributed by atoms with E-state index < -0.39 is 11.8 Å². The predicted molar refractivity (Wildman–Crippen MR) is 144 cm³/mol. The molecular weight excluding hydrogens is 501 g/mol. The quantitative estimate of drug-likeness (QED) is 0.307. The van der Waals surface area contributed by atoms with Crippen LogP contribution in [-0.2, 0) is 5.41 Å². The van der Waals surface area contributed by atoms with E-state index in [1.54, 1.807) is 0 Å². The summed E-state index contributed by atoms with van der Waals surface area (Å²) in [5.41, 5.74) is 6.80. The lowest BCUT2D eigenvalue weighted by molar-refractivity contribution is -0.0493. The SMILES string of the molecule is Cc1cccc2c1-c1noc(C3CC3)c1C1CC3(CCN(c4nc5c(F)cc(C(=O)O)cc5s4)CC3)C21C. The Morgan fingerprint density at radius 2 is 2.03 bits per heavy atom. The number of nitrogens with zero attached hydrogens (tertiary/aromatic N) is 3. The van der Waals surface area contributed by atoms with Gasteiger partial charge in [-0.05, 0) is 67.7 Å². The average molecular weight is 530 g/mol. The van der Waals surface area contributed by atoms with Crippen LogP contribution in [-0.4, -0.2) is 34.3 Å². The molecule has 3 heterocycles. The van der Waals surface area contributed by atoms with Gasteiger partial charge in [0, 0.05) is 41.5 Å². The Kier molecular flexibility index (Phi) is 4.44. The van der Waals surface area contributed by atoms with Crippen molar-refractivity contribution in [3.05, 3.63) is 64.2 Å². The second-order valence-electron chi connectivity index (χ2n) is 11.9. The molecule has 2 aromatic carbocycles. The van der Waals surface area contributed by atoms with Crippen LogP contribution in [0.3, 0.4) is 0 Å². The van der Waals surface area contributed by atoms with E-state index in [4.69, 9.17) is 4.52 Å². The van der Waals surface area contributed by atoms with E-state index in [1.807, 2.05) is 0 Å². The van der Waals surface area contributed by atoms with Crippen molar-refractivity contribution in [2.24, 2.45) is 5.41 Å². The molecule has 8 heteroatoms. The number of hydrogen-bond donors (Lipinski definition) is 1. The number of thiazole rings is 1. The molecule has 194 valence electrons. The summed E-state index contributed by atoms with van der Waals surface area (Å²) in [5, 5.41) is 14.7. The molecule has 2 unspecified atom stereocenters. The van der Waals surface area contributed by atoms with Crippen LogP contribution >= 0.6 is 11.3 Å². The highest BCUT2D eigenvalue weighted by Crippen LogP contribution is 2.74. The molecule has 1 spiro atoms. The van der Waals surface area contributed by atoms with Crippen molar-refractivity contribution in [3.8, 4) is 11.3 Å². The van der Waals surface area contributed by atoms with Crippen molar-refractivity contribution in [3.63, 3.8) is 0 Å². The number of anilines is 1. The van der Waals surface area contributed by atoms with Gasteiger partial charge in [-0.1, -0.05) is 41.6 Å². The topological polar surface area (TPSA) is 79.5 Å². The second kappa shape index (κ2) is 7.44. The van der Waals surface area contributed by atoms with E-state index >= 15 is 0 Å². The summed E-state index contributed by atoms with van der Waals surface area (Å²) in [6, 6.07) is 9.28. The van der Waals surface area contributed by atoms with Crippen LogP contribution < -0.4 is 4.90 Å². The molecule has 8 rings (SSSR count). The Bertz CT molecular complexity index is 1660. The van der Waals surface area contributed by atoms with Gasteiger partial charge in [0.2, 0.25) is 0 Å². The zero-order chi connectivity index (χ0) is 26.0. The number of benzene rings is 2. The molecule has 2 atom stereocenters. The lowest BCUT2D eigenvalue weighted by Crippen LogP contribution is -2.63. The van der Waals surface area contributed by atoms with Gasteiger partial charge in [-0.25, -0.2) is 14.2 Å². The summed E-state index contributed by atoms with van der Waals surface area (Å²) in [4.78, 5) is 18.2. The number of aromatic nitrogens is 2. The monoisotopic (exact) mass is 529 g/mol. The maximum Gasteiger partial charge on any atom is 0.335 e. The molecule has 38 heavy (non-hydrogen) atoms. The van der Waals surface area contributed by atoms with Gasteiger partial charge in [-0.2, -0.15) is 0 Å². The number of fused-ring (bicyclic) bond motifs is 8. The highest BCUT2D eigenvalue weighted by Gasteiger charge is 2.67. The molecule has 1 N–H and O–H groups in total. The van der Waals surface area contributed by atoms with Crippen molar-refractivity contribution >= 4 is 32.7 Å². The molecule has 1 aliphatic heterocycles. The normalized spacial score (nSPS) is 25.1. The Morgan fingerprint density at radius 1 is 1.24 bits per heavy atom. The third-order valence-electron chi connectivity index (χ3n) is 10.2. The van der Waals surface area contributed by atoms with Gasteiger partial charge in [-0.15, -0.1) is 0 Å². The van der Waals surface area contributed by atoms with Crippen LogP contribution in [0.4, 0.5) is 9.52 Å². The summed E-state index contributed by atoms with van der Waals surface area (Å²) >= 11 is 1.38. The van der Waals surface area contributed by atoms with Crippen molar-refractivity contribution in [1.29, 1.82) is 0 Å². The Morgan fingerprint density at radius 3 is 2.76 bits per heavy atom. The van der Waals surface area contributed by atoms with Gasteiger partial charge in [0.05, 0.1) is 10.3 Å². The summed E-state index contributed by atoms with van der Waals surface area (Å²) in [5.74, 6) is 0.383. The summed E-state index contributed by atoms with van der Waals surface area (Å²) < 4.78 is 21.2. The predicted octanol–water partition coefficient (Wildman–Crippen LogP) is 7.02. The number of aromatic carboxylic acids is 1. The molecule has 2 saturated carbocycles.